The van der Waals surface area contributed by atoms with Gasteiger partial charge in [0.05, 0.1) is 4.91 Å². The first kappa shape index (κ1) is 11.2. The maximum absolute atomic E-state index is 13.3. The summed E-state index contributed by atoms with van der Waals surface area (Å²) in [6, 6.07) is 3.05. The fourth-order valence-corrected chi connectivity index (χ4v) is 2.22. The van der Waals surface area contributed by atoms with Crippen molar-refractivity contribution in [3.05, 3.63) is 40.3 Å². The van der Waals surface area contributed by atoms with E-state index in [1.54, 1.807) is 0 Å². The number of carbonyl (C=O) groups excluding carboxylic acids is 1. The average Bonchev–Trinajstić information content (AvgIpc) is 2.51. The van der Waals surface area contributed by atoms with Crippen molar-refractivity contribution in [2.45, 2.75) is 0 Å². The Labute approximate surface area is 99.7 Å². The van der Waals surface area contributed by atoms with Gasteiger partial charge in [-0.1, -0.05) is 24.0 Å². The molecule has 1 aromatic rings. The predicted molar refractivity (Wildman–Crippen MR) is 62.7 cm³/mol. The van der Waals surface area contributed by atoms with Crippen molar-refractivity contribution >= 4 is 40.3 Å². The molecule has 0 radical (unpaired) electrons. The summed E-state index contributed by atoms with van der Waals surface area (Å²) >= 11 is 5.80. The Balaban J connectivity index is 2.39. The van der Waals surface area contributed by atoms with Gasteiger partial charge in [-0.3, -0.25) is 4.79 Å². The molecule has 0 atom stereocenters. The van der Waals surface area contributed by atoms with Crippen LogP contribution in [0.25, 0.3) is 6.08 Å². The lowest BCUT2D eigenvalue weighted by molar-refractivity contribution is -0.115. The summed E-state index contributed by atoms with van der Waals surface area (Å²) in [6.45, 7) is 0. The van der Waals surface area contributed by atoms with Crippen molar-refractivity contribution < 1.29 is 13.6 Å². The zero-order valence-electron chi connectivity index (χ0n) is 7.79. The molecule has 1 aliphatic heterocycles. The Hall–Kier alpha value is -1.27. The highest BCUT2D eigenvalue weighted by atomic mass is 32.2. The Morgan fingerprint density at radius 1 is 1.38 bits per heavy atom. The van der Waals surface area contributed by atoms with Gasteiger partial charge < -0.3 is 5.32 Å². The summed E-state index contributed by atoms with van der Waals surface area (Å²) in [5, 5.41) is 2.39. The number of hydrogen-bond acceptors (Lipinski definition) is 3. The van der Waals surface area contributed by atoms with Crippen LogP contribution in [0.5, 0.6) is 0 Å². The molecule has 0 aromatic heterocycles. The van der Waals surface area contributed by atoms with Crippen LogP contribution in [0.3, 0.4) is 0 Å². The molecular weight excluding hydrogens is 252 g/mol. The van der Waals surface area contributed by atoms with E-state index in [-0.39, 0.29) is 10.5 Å². The van der Waals surface area contributed by atoms with Gasteiger partial charge in [0.1, 0.15) is 16.0 Å². The molecule has 0 aliphatic carbocycles. The molecule has 0 spiro atoms. The van der Waals surface area contributed by atoms with E-state index in [2.05, 4.69) is 5.32 Å². The first-order valence-corrected chi connectivity index (χ1v) is 5.48. The molecule has 82 valence electrons. The van der Waals surface area contributed by atoms with Gasteiger partial charge in [0.25, 0.3) is 5.91 Å². The van der Waals surface area contributed by atoms with E-state index in [1.165, 1.54) is 6.08 Å². The number of hydrogen-bond donors (Lipinski definition) is 1. The number of thioether (sulfide) groups is 1. The van der Waals surface area contributed by atoms with Crippen LogP contribution in [0, 0.1) is 11.6 Å². The summed E-state index contributed by atoms with van der Waals surface area (Å²) in [4.78, 5) is 11.5. The second-order valence-electron chi connectivity index (χ2n) is 3.02. The van der Waals surface area contributed by atoms with Gasteiger partial charge in [-0.2, -0.15) is 0 Å². The van der Waals surface area contributed by atoms with E-state index in [0.717, 1.165) is 30.0 Å². The monoisotopic (exact) mass is 257 g/mol. The smallest absolute Gasteiger partial charge is 0.263 e. The van der Waals surface area contributed by atoms with Crippen LogP contribution >= 0.6 is 24.0 Å². The van der Waals surface area contributed by atoms with E-state index >= 15 is 0 Å². The Kier molecular flexibility index (Phi) is 3.02. The Bertz CT molecular complexity index is 514. The zero-order chi connectivity index (χ0) is 11.7. The average molecular weight is 257 g/mol. The molecule has 1 aromatic carbocycles. The second kappa shape index (κ2) is 4.31. The highest BCUT2D eigenvalue weighted by Gasteiger charge is 2.22. The largest absolute Gasteiger partial charge is 0.307 e. The van der Waals surface area contributed by atoms with Crippen molar-refractivity contribution in [3.63, 3.8) is 0 Å². The van der Waals surface area contributed by atoms with Crippen molar-refractivity contribution in [1.82, 2.24) is 5.32 Å². The standard InChI is InChI=1S/C10H5F2NOS2/c11-6-1-2-7(12)5(3-6)4-8-9(14)13-10(15)16-8/h1-4H,(H,13,14,15). The lowest BCUT2D eigenvalue weighted by atomic mass is 10.2. The van der Waals surface area contributed by atoms with E-state index in [4.69, 9.17) is 12.2 Å². The van der Waals surface area contributed by atoms with Gasteiger partial charge in [0.2, 0.25) is 0 Å². The third-order valence-electron chi connectivity index (χ3n) is 1.89. The molecule has 1 aliphatic rings. The maximum Gasteiger partial charge on any atom is 0.263 e. The van der Waals surface area contributed by atoms with Crippen LogP contribution < -0.4 is 5.32 Å². The molecule has 16 heavy (non-hydrogen) atoms. The van der Waals surface area contributed by atoms with Crippen molar-refractivity contribution in [3.8, 4) is 0 Å². The van der Waals surface area contributed by atoms with Gasteiger partial charge in [-0.25, -0.2) is 8.78 Å². The molecule has 1 amide bonds. The van der Waals surface area contributed by atoms with Crippen LogP contribution in [0.15, 0.2) is 23.1 Å². The van der Waals surface area contributed by atoms with E-state index in [0.29, 0.717) is 4.32 Å². The molecule has 1 N–H and O–H groups in total. The highest BCUT2D eigenvalue weighted by molar-refractivity contribution is 8.26. The Morgan fingerprint density at radius 3 is 2.75 bits per heavy atom. The Morgan fingerprint density at radius 2 is 2.12 bits per heavy atom. The van der Waals surface area contributed by atoms with Crippen LogP contribution in [-0.4, -0.2) is 10.2 Å². The third kappa shape index (κ3) is 2.28. The normalized spacial score (nSPS) is 18.0. The molecule has 2 nitrogen and oxygen atoms in total. The number of benzene rings is 1. The fourth-order valence-electron chi connectivity index (χ4n) is 1.19. The van der Waals surface area contributed by atoms with Crippen LogP contribution in [0.1, 0.15) is 5.56 Å². The van der Waals surface area contributed by atoms with E-state index in [9.17, 15) is 13.6 Å². The van der Waals surface area contributed by atoms with Crippen molar-refractivity contribution in [2.75, 3.05) is 0 Å². The summed E-state index contributed by atoms with van der Waals surface area (Å²) in [6.07, 6.45) is 1.28. The second-order valence-corrected chi connectivity index (χ2v) is 4.74. The first-order chi connectivity index (χ1) is 7.56. The van der Waals surface area contributed by atoms with Crippen LogP contribution in [-0.2, 0) is 4.79 Å². The molecule has 0 bridgehead atoms. The van der Waals surface area contributed by atoms with Crippen molar-refractivity contribution in [2.24, 2.45) is 0 Å². The van der Waals surface area contributed by atoms with Gasteiger partial charge >= 0.3 is 0 Å². The molecule has 2 rings (SSSR count). The molecular formula is C10H5F2NOS2. The van der Waals surface area contributed by atoms with Gasteiger partial charge in [0, 0.05) is 5.56 Å². The van der Waals surface area contributed by atoms with Crippen LogP contribution in [0.4, 0.5) is 8.78 Å². The van der Waals surface area contributed by atoms with E-state index in [1.807, 2.05) is 0 Å². The lowest BCUT2D eigenvalue weighted by Crippen LogP contribution is -2.17. The third-order valence-corrected chi connectivity index (χ3v) is 3.05. The zero-order valence-corrected chi connectivity index (χ0v) is 9.42. The number of rotatable bonds is 1. The molecule has 1 saturated heterocycles. The summed E-state index contributed by atoms with van der Waals surface area (Å²) < 4.78 is 26.4. The van der Waals surface area contributed by atoms with Gasteiger partial charge in [0.15, 0.2) is 0 Å². The quantitative estimate of drug-likeness (QED) is 0.619. The molecule has 0 saturated carbocycles. The summed E-state index contributed by atoms with van der Waals surface area (Å²) in [5.74, 6) is -1.53. The topological polar surface area (TPSA) is 29.1 Å². The van der Waals surface area contributed by atoms with Gasteiger partial charge in [-0.15, -0.1) is 0 Å². The molecule has 6 heteroatoms. The number of thiocarbonyl (C=S) groups is 1. The fraction of sp³-hybridized carbons (Fsp3) is 0. The number of halogens is 2. The van der Waals surface area contributed by atoms with Gasteiger partial charge in [-0.05, 0) is 24.3 Å². The minimum absolute atomic E-state index is 0.0300. The first-order valence-electron chi connectivity index (χ1n) is 4.26. The number of carbonyl (C=O) groups is 1. The predicted octanol–water partition coefficient (Wildman–Crippen LogP) is 2.45. The van der Waals surface area contributed by atoms with Crippen LogP contribution in [0.2, 0.25) is 0 Å². The number of nitrogens with one attached hydrogen (secondary N) is 1. The summed E-state index contributed by atoms with van der Waals surface area (Å²) in [5.41, 5.74) is 0.0300. The summed E-state index contributed by atoms with van der Waals surface area (Å²) in [7, 11) is 0. The molecule has 1 heterocycles. The highest BCUT2D eigenvalue weighted by Crippen LogP contribution is 2.26. The SMILES string of the molecule is O=C1NC(=S)SC1=Cc1cc(F)ccc1F. The van der Waals surface area contributed by atoms with E-state index < -0.39 is 17.5 Å². The molecule has 1 fully saturated rings. The van der Waals surface area contributed by atoms with Crippen molar-refractivity contribution in [1.29, 1.82) is 0 Å². The lowest BCUT2D eigenvalue weighted by Gasteiger charge is -1.97. The minimum Gasteiger partial charge on any atom is -0.307 e. The molecule has 0 unspecified atom stereocenters. The number of amides is 1. The maximum atomic E-state index is 13.3. The minimum atomic E-state index is -0.583.